The van der Waals surface area contributed by atoms with E-state index in [1.165, 1.54) is 11.1 Å². The molecule has 0 radical (unpaired) electrons. The first kappa shape index (κ1) is 13.7. The Labute approximate surface area is 131 Å². The summed E-state index contributed by atoms with van der Waals surface area (Å²) < 4.78 is 3.29. The van der Waals surface area contributed by atoms with Crippen molar-refractivity contribution in [2.45, 2.75) is 19.3 Å². The molecular weight excluding hydrogens is 336 g/mol. The second-order valence-electron chi connectivity index (χ2n) is 4.83. The van der Waals surface area contributed by atoms with E-state index in [0.29, 0.717) is 5.88 Å². The minimum atomic E-state index is 0.415. The van der Waals surface area contributed by atoms with Crippen molar-refractivity contribution in [2.24, 2.45) is 0 Å². The van der Waals surface area contributed by atoms with Gasteiger partial charge in [-0.25, -0.2) is 4.98 Å². The van der Waals surface area contributed by atoms with Crippen molar-refractivity contribution in [3.63, 3.8) is 0 Å². The SMILES string of the molecule is Cc1ccc2c(c1)nc(CCl)n2Cc1ccccc1Br. The Morgan fingerprint density at radius 2 is 2.00 bits per heavy atom. The Morgan fingerprint density at radius 1 is 1.20 bits per heavy atom. The van der Waals surface area contributed by atoms with Crippen LogP contribution in [0.3, 0.4) is 0 Å². The maximum absolute atomic E-state index is 6.05. The number of halogens is 2. The average Bonchev–Trinajstić information content (AvgIpc) is 2.78. The van der Waals surface area contributed by atoms with Gasteiger partial charge in [-0.2, -0.15) is 0 Å². The molecule has 0 aliphatic rings. The minimum Gasteiger partial charge on any atom is -0.322 e. The third-order valence-electron chi connectivity index (χ3n) is 3.39. The number of fused-ring (bicyclic) bond motifs is 1. The molecule has 0 aliphatic carbocycles. The van der Waals surface area contributed by atoms with Crippen LogP contribution in [-0.4, -0.2) is 9.55 Å². The van der Waals surface area contributed by atoms with Gasteiger partial charge in [-0.15, -0.1) is 11.6 Å². The molecule has 102 valence electrons. The number of aryl methyl sites for hydroxylation is 1. The highest BCUT2D eigenvalue weighted by Crippen LogP contribution is 2.23. The highest BCUT2D eigenvalue weighted by molar-refractivity contribution is 9.10. The monoisotopic (exact) mass is 348 g/mol. The summed E-state index contributed by atoms with van der Waals surface area (Å²) in [4.78, 5) is 4.63. The van der Waals surface area contributed by atoms with Gasteiger partial charge in [0.25, 0.3) is 0 Å². The molecular formula is C16H14BrClN2. The Bertz CT molecular complexity index is 764. The molecule has 0 spiro atoms. The van der Waals surface area contributed by atoms with Crippen molar-refractivity contribution in [1.82, 2.24) is 9.55 Å². The van der Waals surface area contributed by atoms with Crippen molar-refractivity contribution in [3.8, 4) is 0 Å². The highest BCUT2D eigenvalue weighted by Gasteiger charge is 2.11. The van der Waals surface area contributed by atoms with E-state index in [1.54, 1.807) is 0 Å². The zero-order chi connectivity index (χ0) is 14.1. The van der Waals surface area contributed by atoms with E-state index in [1.807, 2.05) is 12.1 Å². The van der Waals surface area contributed by atoms with Gasteiger partial charge in [0.15, 0.2) is 0 Å². The number of hydrogen-bond donors (Lipinski definition) is 0. The number of hydrogen-bond acceptors (Lipinski definition) is 1. The van der Waals surface area contributed by atoms with Gasteiger partial charge in [0.1, 0.15) is 5.82 Å². The molecule has 0 saturated heterocycles. The molecule has 0 atom stereocenters. The van der Waals surface area contributed by atoms with Gasteiger partial charge in [-0.3, -0.25) is 0 Å². The van der Waals surface area contributed by atoms with Crippen molar-refractivity contribution in [3.05, 3.63) is 63.9 Å². The molecule has 0 unspecified atom stereocenters. The average molecular weight is 350 g/mol. The number of imidazole rings is 1. The number of benzene rings is 2. The van der Waals surface area contributed by atoms with Gasteiger partial charge in [0, 0.05) is 4.47 Å². The molecule has 4 heteroatoms. The highest BCUT2D eigenvalue weighted by atomic mass is 79.9. The molecule has 3 rings (SSSR count). The summed E-state index contributed by atoms with van der Waals surface area (Å²) in [5.41, 5.74) is 4.57. The largest absolute Gasteiger partial charge is 0.322 e. The smallest absolute Gasteiger partial charge is 0.125 e. The second-order valence-corrected chi connectivity index (χ2v) is 5.95. The summed E-state index contributed by atoms with van der Waals surface area (Å²) >= 11 is 9.65. The normalized spacial score (nSPS) is 11.2. The minimum absolute atomic E-state index is 0.415. The van der Waals surface area contributed by atoms with Gasteiger partial charge in [-0.1, -0.05) is 40.2 Å². The first-order valence-corrected chi connectivity index (χ1v) is 7.77. The quantitative estimate of drug-likeness (QED) is 0.615. The van der Waals surface area contributed by atoms with Crippen LogP contribution in [0.5, 0.6) is 0 Å². The Hall–Kier alpha value is -1.32. The van der Waals surface area contributed by atoms with E-state index >= 15 is 0 Å². The summed E-state index contributed by atoms with van der Waals surface area (Å²) in [6.45, 7) is 2.84. The van der Waals surface area contributed by atoms with Gasteiger partial charge in [0.05, 0.1) is 23.5 Å². The van der Waals surface area contributed by atoms with Crippen LogP contribution >= 0.6 is 27.5 Å². The summed E-state index contributed by atoms with van der Waals surface area (Å²) in [7, 11) is 0. The van der Waals surface area contributed by atoms with E-state index < -0.39 is 0 Å². The summed E-state index contributed by atoms with van der Waals surface area (Å²) in [6, 6.07) is 14.6. The Morgan fingerprint density at radius 3 is 2.75 bits per heavy atom. The predicted octanol–water partition coefficient (Wildman–Crippen LogP) is 4.89. The molecule has 0 aliphatic heterocycles. The third kappa shape index (κ3) is 2.48. The van der Waals surface area contributed by atoms with Crippen LogP contribution in [0, 0.1) is 6.92 Å². The molecule has 1 heterocycles. The van der Waals surface area contributed by atoms with Crippen LogP contribution < -0.4 is 0 Å². The maximum Gasteiger partial charge on any atom is 0.125 e. The first-order valence-electron chi connectivity index (χ1n) is 6.44. The van der Waals surface area contributed by atoms with E-state index in [2.05, 4.69) is 62.7 Å². The van der Waals surface area contributed by atoms with Gasteiger partial charge in [0.2, 0.25) is 0 Å². The lowest BCUT2D eigenvalue weighted by atomic mass is 10.2. The zero-order valence-corrected chi connectivity index (χ0v) is 13.4. The topological polar surface area (TPSA) is 17.8 Å². The molecule has 2 nitrogen and oxygen atoms in total. The predicted molar refractivity (Wildman–Crippen MR) is 87.3 cm³/mol. The maximum atomic E-state index is 6.05. The molecule has 1 aromatic heterocycles. The molecule has 0 amide bonds. The van der Waals surface area contributed by atoms with Crippen molar-refractivity contribution in [2.75, 3.05) is 0 Å². The summed E-state index contributed by atoms with van der Waals surface area (Å²) in [6.07, 6.45) is 0. The van der Waals surface area contributed by atoms with E-state index in [-0.39, 0.29) is 0 Å². The van der Waals surface area contributed by atoms with Crippen LogP contribution in [0.15, 0.2) is 46.9 Å². The van der Waals surface area contributed by atoms with Crippen LogP contribution in [0.1, 0.15) is 17.0 Å². The lowest BCUT2D eigenvalue weighted by Gasteiger charge is -2.09. The van der Waals surface area contributed by atoms with Gasteiger partial charge < -0.3 is 4.57 Å². The molecule has 2 aromatic carbocycles. The number of nitrogens with zero attached hydrogens (tertiary/aromatic N) is 2. The lowest BCUT2D eigenvalue weighted by molar-refractivity contribution is 0.776. The molecule has 0 saturated carbocycles. The molecule has 0 N–H and O–H groups in total. The van der Waals surface area contributed by atoms with Crippen molar-refractivity contribution < 1.29 is 0 Å². The molecule has 0 fully saturated rings. The lowest BCUT2D eigenvalue weighted by Crippen LogP contribution is -2.04. The zero-order valence-electron chi connectivity index (χ0n) is 11.1. The van der Waals surface area contributed by atoms with Gasteiger partial charge in [-0.05, 0) is 36.2 Å². The van der Waals surface area contributed by atoms with E-state index in [4.69, 9.17) is 11.6 Å². The molecule has 0 bridgehead atoms. The van der Waals surface area contributed by atoms with Crippen LogP contribution in [-0.2, 0) is 12.4 Å². The van der Waals surface area contributed by atoms with Gasteiger partial charge >= 0.3 is 0 Å². The first-order chi connectivity index (χ1) is 9.69. The standard InChI is InChI=1S/C16H14BrClN2/c1-11-6-7-15-14(8-11)19-16(9-18)20(15)10-12-4-2-3-5-13(12)17/h2-8H,9-10H2,1H3. The Balaban J connectivity index is 2.12. The fraction of sp³-hybridized carbons (Fsp3) is 0.188. The summed E-state index contributed by atoms with van der Waals surface area (Å²) in [5, 5.41) is 0. The van der Waals surface area contributed by atoms with Crippen LogP contribution in [0.4, 0.5) is 0 Å². The van der Waals surface area contributed by atoms with Crippen LogP contribution in [0.2, 0.25) is 0 Å². The van der Waals surface area contributed by atoms with Crippen molar-refractivity contribution >= 4 is 38.6 Å². The Kier molecular flexibility index (Phi) is 3.81. The molecule has 20 heavy (non-hydrogen) atoms. The summed E-state index contributed by atoms with van der Waals surface area (Å²) in [5.74, 6) is 1.32. The number of rotatable bonds is 3. The second kappa shape index (κ2) is 5.58. The van der Waals surface area contributed by atoms with Crippen LogP contribution in [0.25, 0.3) is 11.0 Å². The van der Waals surface area contributed by atoms with E-state index in [0.717, 1.165) is 27.9 Å². The molecule has 3 aromatic rings. The number of aromatic nitrogens is 2. The number of alkyl halides is 1. The fourth-order valence-corrected chi connectivity index (χ4v) is 2.98. The fourth-order valence-electron chi connectivity index (χ4n) is 2.37. The van der Waals surface area contributed by atoms with E-state index in [9.17, 15) is 0 Å². The third-order valence-corrected chi connectivity index (χ3v) is 4.40. The van der Waals surface area contributed by atoms with Crippen molar-refractivity contribution in [1.29, 1.82) is 0 Å².